The van der Waals surface area contributed by atoms with Crippen molar-refractivity contribution in [1.82, 2.24) is 24.9 Å². The van der Waals surface area contributed by atoms with Gasteiger partial charge in [0, 0.05) is 5.56 Å². The molecule has 7 nitrogen and oxygen atoms in total. The van der Waals surface area contributed by atoms with Crippen molar-refractivity contribution in [1.29, 1.82) is 0 Å². The normalized spacial score (nSPS) is 15.4. The molecule has 9 heteroatoms. The zero-order chi connectivity index (χ0) is 21.1. The van der Waals surface area contributed by atoms with Gasteiger partial charge >= 0.3 is 0 Å². The van der Waals surface area contributed by atoms with Crippen LogP contribution in [0.3, 0.4) is 0 Å². The van der Waals surface area contributed by atoms with Crippen LogP contribution in [0.25, 0.3) is 17.1 Å². The van der Waals surface area contributed by atoms with E-state index in [1.807, 2.05) is 6.07 Å². The highest BCUT2D eigenvalue weighted by Crippen LogP contribution is 2.31. The van der Waals surface area contributed by atoms with Gasteiger partial charge in [0.2, 0.25) is 15.8 Å². The molecule has 1 aliphatic carbocycles. The van der Waals surface area contributed by atoms with Gasteiger partial charge in [-0.05, 0) is 66.6 Å². The second-order valence-electron chi connectivity index (χ2n) is 7.61. The summed E-state index contributed by atoms with van der Waals surface area (Å²) in [4.78, 5) is 1.48. The standard InChI is InChI=1S/C21H24FN5O2S/c1-23-30(28,29)19-12-7-16(13-15-5-3-2-4-6-15)20(14-19)21-24-26-27(25-21)18-10-8-17(22)9-11-18/h7-12,14-15,23H,2-6,13H2,1H3. The summed E-state index contributed by atoms with van der Waals surface area (Å²) in [6.45, 7) is 0. The Morgan fingerprint density at radius 1 is 1.10 bits per heavy atom. The van der Waals surface area contributed by atoms with Gasteiger partial charge in [0.15, 0.2) is 0 Å². The fourth-order valence-electron chi connectivity index (χ4n) is 3.93. The fraction of sp³-hybridized carbons (Fsp3) is 0.381. The number of hydrogen-bond acceptors (Lipinski definition) is 5. The Morgan fingerprint density at radius 3 is 2.53 bits per heavy atom. The number of aromatic nitrogens is 4. The lowest BCUT2D eigenvalue weighted by Gasteiger charge is -2.22. The van der Waals surface area contributed by atoms with E-state index in [1.165, 1.54) is 56.1 Å². The van der Waals surface area contributed by atoms with Crippen LogP contribution in [0.4, 0.5) is 4.39 Å². The fourth-order valence-corrected chi connectivity index (χ4v) is 4.69. The Hall–Kier alpha value is -2.65. The second-order valence-corrected chi connectivity index (χ2v) is 9.50. The number of tetrazole rings is 1. The summed E-state index contributed by atoms with van der Waals surface area (Å²) in [5.74, 6) is 0.563. The molecule has 0 saturated heterocycles. The number of sulfonamides is 1. The first-order chi connectivity index (χ1) is 14.5. The Balaban J connectivity index is 1.73. The van der Waals surface area contributed by atoms with Gasteiger partial charge in [0.25, 0.3) is 0 Å². The summed E-state index contributed by atoms with van der Waals surface area (Å²) in [6, 6.07) is 10.9. The molecule has 1 aliphatic rings. The summed E-state index contributed by atoms with van der Waals surface area (Å²) in [5, 5.41) is 12.7. The molecule has 1 saturated carbocycles. The molecule has 3 aromatic rings. The minimum Gasteiger partial charge on any atom is -0.214 e. The SMILES string of the molecule is CNS(=O)(=O)c1ccc(CC2CCCCC2)c(-c2nnn(-c3ccc(F)cc3)n2)c1. The van der Waals surface area contributed by atoms with E-state index in [2.05, 4.69) is 20.1 Å². The van der Waals surface area contributed by atoms with Gasteiger partial charge in [-0.2, -0.15) is 0 Å². The smallest absolute Gasteiger partial charge is 0.214 e. The van der Waals surface area contributed by atoms with E-state index in [1.54, 1.807) is 24.3 Å². The summed E-state index contributed by atoms with van der Waals surface area (Å²) in [5.41, 5.74) is 2.24. The van der Waals surface area contributed by atoms with E-state index in [4.69, 9.17) is 0 Å². The van der Waals surface area contributed by atoms with Crippen LogP contribution in [-0.2, 0) is 16.4 Å². The third kappa shape index (κ3) is 4.41. The quantitative estimate of drug-likeness (QED) is 0.648. The highest BCUT2D eigenvalue weighted by atomic mass is 32.2. The van der Waals surface area contributed by atoms with Crippen molar-refractivity contribution in [3.05, 3.63) is 53.8 Å². The summed E-state index contributed by atoms with van der Waals surface area (Å²) in [6.07, 6.45) is 6.92. The number of halogens is 1. The number of hydrogen-bond donors (Lipinski definition) is 1. The Kier molecular flexibility index (Phi) is 5.92. The van der Waals surface area contributed by atoms with Crippen molar-refractivity contribution in [2.24, 2.45) is 5.92 Å². The minimum atomic E-state index is -3.60. The Bertz CT molecular complexity index is 1120. The van der Waals surface area contributed by atoms with Crippen molar-refractivity contribution in [2.45, 2.75) is 43.4 Å². The van der Waals surface area contributed by atoms with E-state index in [0.29, 0.717) is 23.0 Å². The molecule has 0 unspecified atom stereocenters. The first-order valence-electron chi connectivity index (χ1n) is 10.1. The van der Waals surface area contributed by atoms with Crippen LogP contribution in [-0.4, -0.2) is 35.7 Å². The van der Waals surface area contributed by atoms with Gasteiger partial charge < -0.3 is 0 Å². The Labute approximate surface area is 175 Å². The molecule has 30 heavy (non-hydrogen) atoms. The first-order valence-corrected chi connectivity index (χ1v) is 11.6. The van der Waals surface area contributed by atoms with Crippen molar-refractivity contribution in [3.63, 3.8) is 0 Å². The molecule has 0 radical (unpaired) electrons. The number of nitrogens with zero attached hydrogens (tertiary/aromatic N) is 4. The first kappa shape index (κ1) is 20.6. The number of benzene rings is 2. The molecule has 1 N–H and O–H groups in total. The van der Waals surface area contributed by atoms with Gasteiger partial charge in [-0.15, -0.1) is 15.0 Å². The molecule has 1 aromatic heterocycles. The van der Waals surface area contributed by atoms with Crippen molar-refractivity contribution < 1.29 is 12.8 Å². The largest absolute Gasteiger partial charge is 0.240 e. The van der Waals surface area contributed by atoms with Crippen molar-refractivity contribution >= 4 is 10.0 Å². The van der Waals surface area contributed by atoms with E-state index in [0.717, 1.165) is 12.0 Å². The highest BCUT2D eigenvalue weighted by molar-refractivity contribution is 7.89. The van der Waals surface area contributed by atoms with Crippen LogP contribution < -0.4 is 4.72 Å². The van der Waals surface area contributed by atoms with E-state index < -0.39 is 10.0 Å². The summed E-state index contributed by atoms with van der Waals surface area (Å²) >= 11 is 0. The molecule has 0 spiro atoms. The molecule has 0 aliphatic heterocycles. The molecular formula is C21H24FN5O2S. The van der Waals surface area contributed by atoms with Gasteiger partial charge in [-0.25, -0.2) is 17.5 Å². The predicted octanol–water partition coefficient (Wildman–Crippen LogP) is 3.50. The van der Waals surface area contributed by atoms with E-state index in [9.17, 15) is 12.8 Å². The average molecular weight is 430 g/mol. The van der Waals surface area contributed by atoms with Gasteiger partial charge in [-0.3, -0.25) is 0 Å². The molecule has 158 valence electrons. The molecule has 0 amide bonds. The molecular weight excluding hydrogens is 405 g/mol. The van der Waals surface area contributed by atoms with Crippen LogP contribution in [0.2, 0.25) is 0 Å². The van der Waals surface area contributed by atoms with Crippen LogP contribution in [0, 0.1) is 11.7 Å². The zero-order valence-corrected chi connectivity index (χ0v) is 17.6. The van der Waals surface area contributed by atoms with Gasteiger partial charge in [-0.1, -0.05) is 38.2 Å². The van der Waals surface area contributed by atoms with Crippen LogP contribution in [0.15, 0.2) is 47.4 Å². The van der Waals surface area contributed by atoms with Crippen molar-refractivity contribution in [2.75, 3.05) is 7.05 Å². The maximum atomic E-state index is 13.2. The minimum absolute atomic E-state index is 0.158. The van der Waals surface area contributed by atoms with Crippen LogP contribution in [0.5, 0.6) is 0 Å². The maximum Gasteiger partial charge on any atom is 0.240 e. The molecule has 1 heterocycles. The van der Waals surface area contributed by atoms with E-state index >= 15 is 0 Å². The molecule has 0 atom stereocenters. The second kappa shape index (κ2) is 8.61. The molecule has 4 rings (SSSR count). The number of nitrogens with one attached hydrogen (secondary N) is 1. The van der Waals surface area contributed by atoms with Crippen molar-refractivity contribution in [3.8, 4) is 17.1 Å². The van der Waals surface area contributed by atoms with Crippen LogP contribution >= 0.6 is 0 Å². The monoisotopic (exact) mass is 429 g/mol. The van der Waals surface area contributed by atoms with Gasteiger partial charge in [0.1, 0.15) is 5.82 Å². The van der Waals surface area contributed by atoms with Crippen LogP contribution in [0.1, 0.15) is 37.7 Å². The van der Waals surface area contributed by atoms with Gasteiger partial charge in [0.05, 0.1) is 10.6 Å². The lowest BCUT2D eigenvalue weighted by molar-refractivity contribution is 0.357. The summed E-state index contributed by atoms with van der Waals surface area (Å²) < 4.78 is 40.2. The predicted molar refractivity (Wildman–Crippen MR) is 111 cm³/mol. The molecule has 1 fully saturated rings. The average Bonchev–Trinajstić information content (AvgIpc) is 3.25. The highest BCUT2D eigenvalue weighted by Gasteiger charge is 2.21. The molecule has 0 bridgehead atoms. The number of rotatable bonds is 6. The Morgan fingerprint density at radius 2 is 1.83 bits per heavy atom. The topological polar surface area (TPSA) is 89.8 Å². The summed E-state index contributed by atoms with van der Waals surface area (Å²) in [7, 11) is -2.22. The third-order valence-electron chi connectivity index (χ3n) is 5.61. The lowest BCUT2D eigenvalue weighted by Crippen LogP contribution is -2.19. The molecule has 2 aromatic carbocycles. The van der Waals surface area contributed by atoms with E-state index in [-0.39, 0.29) is 10.7 Å². The lowest BCUT2D eigenvalue weighted by atomic mass is 9.84. The zero-order valence-electron chi connectivity index (χ0n) is 16.8. The maximum absolute atomic E-state index is 13.2. The third-order valence-corrected chi connectivity index (χ3v) is 7.02.